The van der Waals surface area contributed by atoms with Crippen molar-refractivity contribution in [2.24, 2.45) is 10.8 Å². The molecule has 3 N–H and O–H groups in total. The molecular weight excluding hydrogens is 226 g/mol. The van der Waals surface area contributed by atoms with Gasteiger partial charge in [-0.1, -0.05) is 0 Å². The molecule has 5 nitrogen and oxygen atoms in total. The Morgan fingerprint density at radius 2 is 1.88 bits per heavy atom. The molecule has 0 spiro atoms. The highest BCUT2D eigenvalue weighted by Crippen LogP contribution is 2.21. The molecule has 0 aliphatic heterocycles. The number of methoxy groups -OCH3 is 2. The first-order valence-electron chi connectivity index (χ1n) is 4.47. The second-order valence-corrected chi connectivity index (χ2v) is 3.32. The standard InChI is InChI=1S/C10H13N3O2S/c1-14-8-3-7(4-9(5-8)15-2)6-12-13-10(11)16/h3-6H,1-2H3,(H3,11,13,16). The van der Waals surface area contributed by atoms with Gasteiger partial charge in [-0.2, -0.15) is 5.10 Å². The molecule has 0 amide bonds. The number of nitrogens with two attached hydrogens (primary N) is 1. The van der Waals surface area contributed by atoms with Crippen molar-refractivity contribution in [3.05, 3.63) is 23.8 Å². The number of rotatable bonds is 4. The van der Waals surface area contributed by atoms with Gasteiger partial charge in [0.2, 0.25) is 0 Å². The van der Waals surface area contributed by atoms with Crippen molar-refractivity contribution in [3.63, 3.8) is 0 Å². The number of nitrogens with one attached hydrogen (secondary N) is 1. The van der Waals surface area contributed by atoms with Gasteiger partial charge < -0.3 is 15.2 Å². The molecule has 0 aromatic heterocycles. The van der Waals surface area contributed by atoms with Crippen LogP contribution in [0.1, 0.15) is 5.56 Å². The maximum absolute atomic E-state index is 5.23. The molecular formula is C10H13N3O2S. The summed E-state index contributed by atoms with van der Waals surface area (Å²) in [5.74, 6) is 1.38. The Morgan fingerprint density at radius 1 is 1.31 bits per heavy atom. The lowest BCUT2D eigenvalue weighted by Crippen LogP contribution is -2.23. The first kappa shape index (κ1) is 12.3. The summed E-state index contributed by atoms with van der Waals surface area (Å²) in [4.78, 5) is 0. The lowest BCUT2D eigenvalue weighted by molar-refractivity contribution is 0.394. The Hall–Kier alpha value is -1.82. The Morgan fingerprint density at radius 3 is 2.31 bits per heavy atom. The summed E-state index contributed by atoms with van der Waals surface area (Å²) in [6.45, 7) is 0. The molecule has 0 unspecified atom stereocenters. The fourth-order valence-corrected chi connectivity index (χ4v) is 1.13. The van der Waals surface area contributed by atoms with Crippen LogP contribution < -0.4 is 20.6 Å². The Kier molecular flexibility index (Phi) is 4.53. The van der Waals surface area contributed by atoms with E-state index in [-0.39, 0.29) is 5.11 Å². The molecule has 1 rings (SSSR count). The molecule has 1 aromatic rings. The second kappa shape index (κ2) is 5.92. The molecule has 0 bridgehead atoms. The SMILES string of the molecule is COc1cc(C=NNC(N)=S)cc(OC)c1. The van der Waals surface area contributed by atoms with Crippen molar-refractivity contribution in [1.29, 1.82) is 0 Å². The van der Waals surface area contributed by atoms with Gasteiger partial charge in [-0.3, -0.25) is 5.43 Å². The van der Waals surface area contributed by atoms with Gasteiger partial charge in [-0.15, -0.1) is 0 Å². The third kappa shape index (κ3) is 3.74. The van der Waals surface area contributed by atoms with Crippen molar-refractivity contribution in [2.45, 2.75) is 0 Å². The molecule has 0 aliphatic carbocycles. The molecule has 0 saturated heterocycles. The number of benzene rings is 1. The highest BCUT2D eigenvalue weighted by atomic mass is 32.1. The second-order valence-electron chi connectivity index (χ2n) is 2.88. The van der Waals surface area contributed by atoms with Gasteiger partial charge in [0.25, 0.3) is 0 Å². The number of hydrogen-bond acceptors (Lipinski definition) is 4. The highest BCUT2D eigenvalue weighted by Gasteiger charge is 1.99. The van der Waals surface area contributed by atoms with Crippen molar-refractivity contribution in [3.8, 4) is 11.5 Å². The van der Waals surface area contributed by atoms with Crippen LogP contribution in [0.3, 0.4) is 0 Å². The van der Waals surface area contributed by atoms with E-state index in [9.17, 15) is 0 Å². The average Bonchev–Trinajstić information content (AvgIpc) is 2.28. The monoisotopic (exact) mass is 239 g/mol. The molecule has 86 valence electrons. The van der Waals surface area contributed by atoms with Crippen molar-refractivity contribution in [2.75, 3.05) is 14.2 Å². The Labute approximate surface area is 99.2 Å². The minimum absolute atomic E-state index is 0.117. The van der Waals surface area contributed by atoms with Crippen LogP contribution in [0.4, 0.5) is 0 Å². The lowest BCUT2D eigenvalue weighted by atomic mass is 10.2. The lowest BCUT2D eigenvalue weighted by Gasteiger charge is -2.05. The quantitative estimate of drug-likeness (QED) is 0.463. The Bertz CT molecular complexity index is 385. The number of nitrogens with zero attached hydrogens (tertiary/aromatic N) is 1. The molecule has 0 heterocycles. The summed E-state index contributed by atoms with van der Waals surface area (Å²) >= 11 is 4.61. The molecule has 0 atom stereocenters. The molecule has 6 heteroatoms. The summed E-state index contributed by atoms with van der Waals surface area (Å²) in [6, 6.07) is 5.40. The van der Waals surface area contributed by atoms with E-state index >= 15 is 0 Å². The van der Waals surface area contributed by atoms with Gasteiger partial charge in [-0.05, 0) is 24.4 Å². The summed E-state index contributed by atoms with van der Waals surface area (Å²) in [7, 11) is 3.17. The summed E-state index contributed by atoms with van der Waals surface area (Å²) in [5, 5.41) is 3.96. The van der Waals surface area contributed by atoms with Crippen LogP contribution in [0, 0.1) is 0 Å². The zero-order valence-electron chi connectivity index (χ0n) is 9.06. The first-order chi connectivity index (χ1) is 7.65. The van der Waals surface area contributed by atoms with E-state index in [2.05, 4.69) is 22.7 Å². The molecule has 0 saturated carbocycles. The smallest absolute Gasteiger partial charge is 0.184 e. The number of hydrazone groups is 1. The fourth-order valence-electron chi connectivity index (χ4n) is 1.07. The zero-order chi connectivity index (χ0) is 12.0. The van der Waals surface area contributed by atoms with Crippen LogP contribution in [0.2, 0.25) is 0 Å². The summed E-state index contributed by atoms with van der Waals surface area (Å²) in [6.07, 6.45) is 1.57. The molecule has 0 fully saturated rings. The van der Waals surface area contributed by atoms with E-state index in [1.165, 1.54) is 0 Å². The van der Waals surface area contributed by atoms with Gasteiger partial charge >= 0.3 is 0 Å². The minimum atomic E-state index is 0.117. The maximum atomic E-state index is 5.23. The van der Waals surface area contributed by atoms with E-state index in [0.717, 1.165) is 5.56 Å². The largest absolute Gasteiger partial charge is 0.497 e. The van der Waals surface area contributed by atoms with E-state index in [0.29, 0.717) is 11.5 Å². The topological polar surface area (TPSA) is 68.9 Å². The zero-order valence-corrected chi connectivity index (χ0v) is 9.88. The van der Waals surface area contributed by atoms with Crippen LogP contribution in [0.25, 0.3) is 0 Å². The van der Waals surface area contributed by atoms with Crippen molar-refractivity contribution < 1.29 is 9.47 Å². The number of ether oxygens (including phenoxy) is 2. The first-order valence-corrected chi connectivity index (χ1v) is 4.88. The van der Waals surface area contributed by atoms with Crippen molar-refractivity contribution in [1.82, 2.24) is 5.43 Å². The van der Waals surface area contributed by atoms with Crippen LogP contribution in [-0.4, -0.2) is 25.5 Å². The van der Waals surface area contributed by atoms with Crippen LogP contribution >= 0.6 is 12.2 Å². The minimum Gasteiger partial charge on any atom is -0.497 e. The van der Waals surface area contributed by atoms with Crippen LogP contribution in [0.5, 0.6) is 11.5 Å². The third-order valence-corrected chi connectivity index (χ3v) is 1.85. The predicted octanol–water partition coefficient (Wildman–Crippen LogP) is 0.871. The van der Waals surface area contributed by atoms with Crippen LogP contribution in [-0.2, 0) is 0 Å². The third-order valence-electron chi connectivity index (χ3n) is 1.76. The predicted molar refractivity (Wildman–Crippen MR) is 67.1 cm³/mol. The Balaban J connectivity index is 2.86. The average molecular weight is 239 g/mol. The highest BCUT2D eigenvalue weighted by molar-refractivity contribution is 7.80. The molecule has 0 radical (unpaired) electrons. The molecule has 0 aliphatic rings. The van der Waals surface area contributed by atoms with E-state index in [1.54, 1.807) is 26.5 Å². The van der Waals surface area contributed by atoms with Gasteiger partial charge in [0, 0.05) is 11.6 Å². The van der Waals surface area contributed by atoms with E-state index in [4.69, 9.17) is 15.2 Å². The van der Waals surface area contributed by atoms with Crippen LogP contribution in [0.15, 0.2) is 23.3 Å². The fraction of sp³-hybridized carbons (Fsp3) is 0.200. The van der Waals surface area contributed by atoms with Crippen molar-refractivity contribution >= 4 is 23.5 Å². The normalized spacial score (nSPS) is 10.1. The van der Waals surface area contributed by atoms with Gasteiger partial charge in [-0.25, -0.2) is 0 Å². The number of hydrogen-bond donors (Lipinski definition) is 2. The maximum Gasteiger partial charge on any atom is 0.184 e. The summed E-state index contributed by atoms with van der Waals surface area (Å²) < 4.78 is 10.2. The number of thiocarbonyl (C=S) groups is 1. The van der Waals surface area contributed by atoms with E-state index < -0.39 is 0 Å². The summed E-state index contributed by atoms with van der Waals surface area (Å²) in [5.41, 5.74) is 8.51. The van der Waals surface area contributed by atoms with Gasteiger partial charge in [0.15, 0.2) is 5.11 Å². The van der Waals surface area contributed by atoms with Gasteiger partial charge in [0.05, 0.1) is 20.4 Å². The van der Waals surface area contributed by atoms with Gasteiger partial charge in [0.1, 0.15) is 11.5 Å². The molecule has 1 aromatic carbocycles. The van der Waals surface area contributed by atoms with E-state index in [1.807, 2.05) is 12.1 Å². The molecule has 16 heavy (non-hydrogen) atoms.